The topological polar surface area (TPSA) is 26.3 Å². The maximum atomic E-state index is 12.2. The van der Waals surface area contributed by atoms with Crippen LogP contribution in [-0.4, -0.2) is 12.6 Å². The Morgan fingerprint density at radius 2 is 1.77 bits per heavy atom. The number of rotatable bonds is 9. The first kappa shape index (κ1) is 21.6. The van der Waals surface area contributed by atoms with Gasteiger partial charge in [0.2, 0.25) is 0 Å². The predicted octanol–water partition coefficient (Wildman–Crippen LogP) is 7.95. The lowest BCUT2D eigenvalue weighted by atomic mass is 9.98. The summed E-state index contributed by atoms with van der Waals surface area (Å²) in [6.45, 7) is 7.24. The van der Waals surface area contributed by atoms with Crippen LogP contribution in [0, 0.1) is 11.8 Å². The zero-order valence-corrected chi connectivity index (χ0v) is 19.5. The third kappa shape index (κ3) is 6.82. The average Bonchev–Trinajstić information content (AvgIpc) is 2.93. The standard InChI is InChI=1S/C21H26Br2O2S/c1-14(2)5-4-6-15(3)11-12-25-21(24)17-9-7-16(8-10-17)18-13-19(22)26-20(18)23/h7-10,13-15H,4-6,11-12H2,1-3H3. The van der Waals surface area contributed by atoms with Crippen LogP contribution >= 0.6 is 43.2 Å². The number of benzene rings is 1. The number of carbonyl (C=O) groups excluding carboxylic acids is 1. The highest BCUT2D eigenvalue weighted by atomic mass is 79.9. The first-order valence-corrected chi connectivity index (χ1v) is 11.5. The Kier molecular flexibility index (Phi) is 8.85. The Bertz CT molecular complexity index is 707. The van der Waals surface area contributed by atoms with Gasteiger partial charge >= 0.3 is 5.97 Å². The minimum Gasteiger partial charge on any atom is -0.462 e. The third-order valence-corrected chi connectivity index (χ3v) is 6.75. The van der Waals surface area contributed by atoms with Crippen molar-refractivity contribution in [3.8, 4) is 11.1 Å². The normalized spacial score (nSPS) is 12.4. The highest BCUT2D eigenvalue weighted by molar-refractivity contribution is 9.12. The average molecular weight is 502 g/mol. The first-order chi connectivity index (χ1) is 12.4. The number of hydrogen-bond acceptors (Lipinski definition) is 3. The Balaban J connectivity index is 1.80. The fraction of sp³-hybridized carbons (Fsp3) is 0.476. The van der Waals surface area contributed by atoms with E-state index in [0.717, 1.165) is 31.0 Å². The second-order valence-corrected chi connectivity index (χ2v) is 10.9. The van der Waals surface area contributed by atoms with E-state index in [1.165, 1.54) is 19.3 Å². The number of ether oxygens (including phenoxy) is 1. The predicted molar refractivity (Wildman–Crippen MR) is 118 cm³/mol. The fourth-order valence-electron chi connectivity index (χ4n) is 2.78. The van der Waals surface area contributed by atoms with Crippen LogP contribution in [0.3, 0.4) is 0 Å². The van der Waals surface area contributed by atoms with Crippen molar-refractivity contribution < 1.29 is 9.53 Å². The van der Waals surface area contributed by atoms with Crippen molar-refractivity contribution in [2.24, 2.45) is 11.8 Å². The molecule has 2 rings (SSSR count). The van der Waals surface area contributed by atoms with Gasteiger partial charge in [0, 0.05) is 5.56 Å². The summed E-state index contributed by atoms with van der Waals surface area (Å²) in [4.78, 5) is 12.2. The molecular formula is C21H26Br2O2S. The molecule has 1 aromatic carbocycles. The van der Waals surface area contributed by atoms with Gasteiger partial charge in [-0.15, -0.1) is 11.3 Å². The van der Waals surface area contributed by atoms with Gasteiger partial charge in [0.05, 0.1) is 19.7 Å². The van der Waals surface area contributed by atoms with Crippen molar-refractivity contribution in [1.82, 2.24) is 0 Å². The zero-order valence-electron chi connectivity index (χ0n) is 15.6. The summed E-state index contributed by atoms with van der Waals surface area (Å²) in [6, 6.07) is 9.67. The molecule has 0 saturated heterocycles. The smallest absolute Gasteiger partial charge is 0.338 e. The number of thiophene rings is 1. The molecule has 2 nitrogen and oxygen atoms in total. The second kappa shape index (κ2) is 10.6. The summed E-state index contributed by atoms with van der Waals surface area (Å²) in [6.07, 6.45) is 4.66. The van der Waals surface area contributed by atoms with Gasteiger partial charge in [-0.05, 0) is 73.9 Å². The summed E-state index contributed by atoms with van der Waals surface area (Å²) in [7, 11) is 0. The van der Waals surface area contributed by atoms with E-state index >= 15 is 0 Å². The summed E-state index contributed by atoms with van der Waals surface area (Å²) in [5, 5.41) is 0. The van der Waals surface area contributed by atoms with Gasteiger partial charge in [-0.1, -0.05) is 52.2 Å². The molecule has 0 saturated carbocycles. The second-order valence-electron chi connectivity index (χ2n) is 7.17. The molecule has 26 heavy (non-hydrogen) atoms. The molecular weight excluding hydrogens is 476 g/mol. The zero-order chi connectivity index (χ0) is 19.1. The SMILES string of the molecule is CC(C)CCCC(C)CCOC(=O)c1ccc(-c2cc(Br)sc2Br)cc1. The molecule has 1 aromatic heterocycles. The maximum absolute atomic E-state index is 12.2. The van der Waals surface area contributed by atoms with E-state index in [-0.39, 0.29) is 5.97 Å². The summed E-state index contributed by atoms with van der Waals surface area (Å²) >= 11 is 8.70. The van der Waals surface area contributed by atoms with Crippen molar-refractivity contribution in [3.05, 3.63) is 43.5 Å². The van der Waals surface area contributed by atoms with Crippen molar-refractivity contribution in [2.45, 2.75) is 46.5 Å². The lowest BCUT2D eigenvalue weighted by molar-refractivity contribution is 0.0483. The summed E-state index contributed by atoms with van der Waals surface area (Å²) in [5.74, 6) is 1.12. The molecule has 0 N–H and O–H groups in total. The molecule has 0 aliphatic rings. The summed E-state index contributed by atoms with van der Waals surface area (Å²) < 4.78 is 7.60. The Morgan fingerprint density at radius 3 is 2.35 bits per heavy atom. The molecule has 0 aliphatic carbocycles. The highest BCUT2D eigenvalue weighted by Gasteiger charge is 2.11. The van der Waals surface area contributed by atoms with Gasteiger partial charge in [-0.25, -0.2) is 4.79 Å². The molecule has 0 aliphatic heterocycles. The van der Waals surface area contributed by atoms with E-state index in [1.807, 2.05) is 24.3 Å². The molecule has 2 aromatic rings. The van der Waals surface area contributed by atoms with Crippen molar-refractivity contribution in [3.63, 3.8) is 0 Å². The van der Waals surface area contributed by atoms with E-state index in [1.54, 1.807) is 11.3 Å². The van der Waals surface area contributed by atoms with Gasteiger partial charge in [0.1, 0.15) is 0 Å². The van der Waals surface area contributed by atoms with Gasteiger partial charge < -0.3 is 4.74 Å². The minimum atomic E-state index is -0.239. The van der Waals surface area contributed by atoms with Crippen LogP contribution in [0.4, 0.5) is 0 Å². The van der Waals surface area contributed by atoms with Gasteiger partial charge in [-0.3, -0.25) is 0 Å². The van der Waals surface area contributed by atoms with E-state index in [0.29, 0.717) is 18.1 Å². The molecule has 1 heterocycles. The van der Waals surface area contributed by atoms with Crippen molar-refractivity contribution >= 4 is 49.2 Å². The Labute approximate surface area is 177 Å². The van der Waals surface area contributed by atoms with Crippen LogP contribution < -0.4 is 0 Å². The van der Waals surface area contributed by atoms with Crippen molar-refractivity contribution in [1.29, 1.82) is 0 Å². The lowest BCUT2D eigenvalue weighted by Crippen LogP contribution is -2.09. The molecule has 1 unspecified atom stereocenters. The monoisotopic (exact) mass is 500 g/mol. The van der Waals surface area contributed by atoms with E-state index in [4.69, 9.17) is 4.74 Å². The van der Waals surface area contributed by atoms with Gasteiger partial charge in [0.15, 0.2) is 0 Å². The van der Waals surface area contributed by atoms with E-state index in [2.05, 4.69) is 58.7 Å². The van der Waals surface area contributed by atoms with Crippen LogP contribution in [-0.2, 0) is 4.74 Å². The molecule has 5 heteroatoms. The van der Waals surface area contributed by atoms with Crippen LogP contribution in [0.15, 0.2) is 37.9 Å². The molecule has 0 radical (unpaired) electrons. The van der Waals surface area contributed by atoms with E-state index < -0.39 is 0 Å². The first-order valence-electron chi connectivity index (χ1n) is 9.09. The van der Waals surface area contributed by atoms with Crippen LogP contribution in [0.25, 0.3) is 11.1 Å². The number of esters is 1. The van der Waals surface area contributed by atoms with Gasteiger partial charge in [-0.2, -0.15) is 0 Å². The number of hydrogen-bond donors (Lipinski definition) is 0. The van der Waals surface area contributed by atoms with Crippen molar-refractivity contribution in [2.75, 3.05) is 6.61 Å². The molecule has 0 amide bonds. The Morgan fingerprint density at radius 1 is 1.08 bits per heavy atom. The number of halogens is 2. The van der Waals surface area contributed by atoms with Crippen LogP contribution in [0.5, 0.6) is 0 Å². The van der Waals surface area contributed by atoms with Crippen LogP contribution in [0.2, 0.25) is 0 Å². The Hall–Kier alpha value is -0.650. The number of carbonyl (C=O) groups is 1. The van der Waals surface area contributed by atoms with Crippen LogP contribution in [0.1, 0.15) is 56.8 Å². The lowest BCUT2D eigenvalue weighted by Gasteiger charge is -2.12. The summed E-state index contributed by atoms with van der Waals surface area (Å²) in [5.41, 5.74) is 2.80. The third-order valence-electron chi connectivity index (χ3n) is 4.41. The molecule has 142 valence electrons. The molecule has 0 fully saturated rings. The quantitative estimate of drug-likeness (QED) is 0.326. The maximum Gasteiger partial charge on any atom is 0.338 e. The fourth-order valence-corrected chi connectivity index (χ4v) is 5.65. The molecule has 1 atom stereocenters. The molecule has 0 bridgehead atoms. The molecule has 0 spiro atoms. The largest absolute Gasteiger partial charge is 0.462 e. The van der Waals surface area contributed by atoms with E-state index in [9.17, 15) is 4.79 Å². The van der Waals surface area contributed by atoms with Gasteiger partial charge in [0.25, 0.3) is 0 Å². The minimum absolute atomic E-state index is 0.239. The highest BCUT2D eigenvalue weighted by Crippen LogP contribution is 2.38.